The van der Waals surface area contributed by atoms with Crippen LogP contribution in [-0.4, -0.2) is 34.3 Å². The highest BCUT2D eigenvalue weighted by atomic mass is 32.2. The lowest BCUT2D eigenvalue weighted by molar-refractivity contribution is 0.582. The van der Waals surface area contributed by atoms with E-state index in [9.17, 15) is 8.42 Å². The van der Waals surface area contributed by atoms with Crippen LogP contribution in [0.3, 0.4) is 0 Å². The maximum Gasteiger partial charge on any atom is 0.208 e. The van der Waals surface area contributed by atoms with Crippen LogP contribution in [0.5, 0.6) is 0 Å². The van der Waals surface area contributed by atoms with E-state index in [1.54, 1.807) is 0 Å². The van der Waals surface area contributed by atoms with Crippen molar-refractivity contribution in [1.82, 2.24) is 10.0 Å². The monoisotopic (exact) mass is 242 g/mol. The summed E-state index contributed by atoms with van der Waals surface area (Å²) in [4.78, 5) is 0. The third kappa shape index (κ3) is 6.55. The van der Waals surface area contributed by atoms with Crippen LogP contribution >= 0.6 is 0 Å². The maximum atomic E-state index is 10.7. The summed E-state index contributed by atoms with van der Waals surface area (Å²) in [5, 5.41) is 3.18. The first-order valence-electron chi connectivity index (χ1n) is 5.27. The van der Waals surface area contributed by atoms with Crippen LogP contribution in [0.2, 0.25) is 0 Å². The van der Waals surface area contributed by atoms with Gasteiger partial charge in [-0.1, -0.05) is 30.3 Å². The van der Waals surface area contributed by atoms with Crippen LogP contribution in [-0.2, 0) is 16.4 Å². The second-order valence-corrected chi connectivity index (χ2v) is 5.49. The fraction of sp³-hybridized carbons (Fsp3) is 0.455. The molecule has 0 aliphatic rings. The summed E-state index contributed by atoms with van der Waals surface area (Å²) in [6, 6.07) is 10.2. The Labute approximate surface area is 97.1 Å². The summed E-state index contributed by atoms with van der Waals surface area (Å²) in [7, 11) is -3.05. The normalized spacial score (nSPS) is 11.6. The van der Waals surface area contributed by atoms with Crippen molar-refractivity contribution >= 4 is 10.0 Å². The van der Waals surface area contributed by atoms with Gasteiger partial charge in [0.15, 0.2) is 0 Å². The molecule has 0 fully saturated rings. The molecule has 16 heavy (non-hydrogen) atoms. The fourth-order valence-corrected chi connectivity index (χ4v) is 1.80. The molecule has 90 valence electrons. The maximum absolute atomic E-state index is 10.7. The van der Waals surface area contributed by atoms with E-state index in [0.717, 1.165) is 19.2 Å². The first-order valence-corrected chi connectivity index (χ1v) is 7.16. The molecular formula is C11H18N2O2S. The standard InChI is InChI=1S/C11H18N2O2S/c1-16(14,15)13-10-9-12-8-7-11-5-3-2-4-6-11/h2-6,12-13H,7-10H2,1H3. The lowest BCUT2D eigenvalue weighted by atomic mass is 10.1. The molecule has 1 aromatic rings. The van der Waals surface area contributed by atoms with Gasteiger partial charge in [-0.05, 0) is 18.5 Å². The number of hydrogen-bond acceptors (Lipinski definition) is 3. The molecular weight excluding hydrogens is 224 g/mol. The number of hydrogen-bond donors (Lipinski definition) is 2. The lowest BCUT2D eigenvalue weighted by Gasteiger charge is -2.05. The zero-order valence-corrected chi connectivity index (χ0v) is 10.3. The van der Waals surface area contributed by atoms with Crippen LogP contribution < -0.4 is 10.0 Å². The minimum atomic E-state index is -3.05. The first-order chi connectivity index (χ1) is 7.58. The molecule has 2 N–H and O–H groups in total. The summed E-state index contributed by atoms with van der Waals surface area (Å²) in [5.74, 6) is 0. The molecule has 0 atom stereocenters. The summed E-state index contributed by atoms with van der Waals surface area (Å²) >= 11 is 0. The number of rotatable bonds is 7. The van der Waals surface area contributed by atoms with Crippen LogP contribution in [0.4, 0.5) is 0 Å². The highest BCUT2D eigenvalue weighted by Crippen LogP contribution is 1.97. The average molecular weight is 242 g/mol. The Morgan fingerprint density at radius 1 is 1.06 bits per heavy atom. The van der Waals surface area contributed by atoms with Crippen LogP contribution in [0.1, 0.15) is 5.56 Å². The topological polar surface area (TPSA) is 58.2 Å². The summed E-state index contributed by atoms with van der Waals surface area (Å²) in [5.41, 5.74) is 1.28. The van der Waals surface area contributed by atoms with Crippen molar-refractivity contribution in [3.63, 3.8) is 0 Å². The Morgan fingerprint density at radius 2 is 1.75 bits per heavy atom. The van der Waals surface area contributed by atoms with E-state index in [1.165, 1.54) is 5.56 Å². The Bertz CT molecular complexity index is 390. The number of sulfonamides is 1. The van der Waals surface area contributed by atoms with Gasteiger partial charge in [0.25, 0.3) is 0 Å². The Hall–Kier alpha value is -0.910. The fourth-order valence-electron chi connectivity index (χ4n) is 1.33. The number of benzene rings is 1. The van der Waals surface area contributed by atoms with Crippen LogP contribution in [0.25, 0.3) is 0 Å². The molecule has 5 heteroatoms. The van der Waals surface area contributed by atoms with Crippen LogP contribution in [0, 0.1) is 0 Å². The van der Waals surface area contributed by atoms with E-state index in [2.05, 4.69) is 22.2 Å². The van der Waals surface area contributed by atoms with Gasteiger partial charge in [-0.15, -0.1) is 0 Å². The molecule has 4 nitrogen and oxygen atoms in total. The summed E-state index contributed by atoms with van der Waals surface area (Å²) < 4.78 is 23.9. The highest BCUT2D eigenvalue weighted by molar-refractivity contribution is 7.88. The van der Waals surface area contributed by atoms with Gasteiger partial charge in [0, 0.05) is 13.1 Å². The van der Waals surface area contributed by atoms with Crippen LogP contribution in [0.15, 0.2) is 30.3 Å². The average Bonchev–Trinajstić information content (AvgIpc) is 2.23. The zero-order valence-electron chi connectivity index (χ0n) is 9.44. The van der Waals surface area contributed by atoms with E-state index >= 15 is 0 Å². The Kier molecular flexibility index (Phi) is 5.45. The van der Waals surface area contributed by atoms with E-state index in [-0.39, 0.29) is 0 Å². The molecule has 1 aromatic carbocycles. The molecule has 0 amide bonds. The molecule has 0 aromatic heterocycles. The van der Waals surface area contributed by atoms with E-state index in [1.807, 2.05) is 18.2 Å². The third-order valence-electron chi connectivity index (χ3n) is 2.10. The molecule has 0 spiro atoms. The Balaban J connectivity index is 2.05. The largest absolute Gasteiger partial charge is 0.315 e. The van der Waals surface area contributed by atoms with Crippen molar-refractivity contribution in [2.24, 2.45) is 0 Å². The Morgan fingerprint density at radius 3 is 2.38 bits per heavy atom. The van der Waals surface area contributed by atoms with Crippen molar-refractivity contribution in [2.45, 2.75) is 6.42 Å². The van der Waals surface area contributed by atoms with Crippen molar-refractivity contribution in [2.75, 3.05) is 25.9 Å². The van der Waals surface area contributed by atoms with Gasteiger partial charge in [0.1, 0.15) is 0 Å². The van der Waals surface area contributed by atoms with Gasteiger partial charge in [0.2, 0.25) is 10.0 Å². The number of nitrogens with one attached hydrogen (secondary N) is 2. The second-order valence-electron chi connectivity index (χ2n) is 3.65. The summed E-state index contributed by atoms with van der Waals surface area (Å²) in [6.45, 7) is 1.95. The SMILES string of the molecule is CS(=O)(=O)NCCNCCc1ccccc1. The van der Waals surface area contributed by atoms with E-state index in [0.29, 0.717) is 13.1 Å². The quantitative estimate of drug-likeness (QED) is 0.679. The molecule has 0 heterocycles. The predicted molar refractivity (Wildman–Crippen MR) is 65.9 cm³/mol. The minimum Gasteiger partial charge on any atom is -0.315 e. The van der Waals surface area contributed by atoms with E-state index in [4.69, 9.17) is 0 Å². The molecule has 1 rings (SSSR count). The molecule has 0 unspecified atom stereocenters. The van der Waals surface area contributed by atoms with E-state index < -0.39 is 10.0 Å². The van der Waals surface area contributed by atoms with Gasteiger partial charge < -0.3 is 5.32 Å². The summed E-state index contributed by atoms with van der Waals surface area (Å²) in [6.07, 6.45) is 2.12. The van der Waals surface area contributed by atoms with Gasteiger partial charge in [-0.3, -0.25) is 0 Å². The van der Waals surface area contributed by atoms with Crippen molar-refractivity contribution < 1.29 is 8.42 Å². The van der Waals surface area contributed by atoms with Gasteiger partial charge in [0.05, 0.1) is 6.26 Å². The smallest absolute Gasteiger partial charge is 0.208 e. The predicted octanol–water partition coefficient (Wildman–Crippen LogP) is 0.368. The van der Waals surface area contributed by atoms with Gasteiger partial charge in [-0.2, -0.15) is 0 Å². The van der Waals surface area contributed by atoms with Crippen molar-refractivity contribution in [1.29, 1.82) is 0 Å². The first kappa shape index (κ1) is 13.2. The third-order valence-corrected chi connectivity index (χ3v) is 2.83. The molecule has 0 aliphatic carbocycles. The molecule has 0 bridgehead atoms. The molecule has 0 aliphatic heterocycles. The molecule has 0 saturated heterocycles. The zero-order chi connectivity index (χ0) is 11.9. The van der Waals surface area contributed by atoms with Crippen molar-refractivity contribution in [3.05, 3.63) is 35.9 Å². The van der Waals surface area contributed by atoms with Crippen molar-refractivity contribution in [3.8, 4) is 0 Å². The highest BCUT2D eigenvalue weighted by Gasteiger charge is 1.97. The minimum absolute atomic E-state index is 0.438. The van der Waals surface area contributed by atoms with Gasteiger partial charge >= 0.3 is 0 Å². The second kappa shape index (κ2) is 6.62. The molecule has 0 radical (unpaired) electrons. The lowest BCUT2D eigenvalue weighted by Crippen LogP contribution is -2.31. The molecule has 0 saturated carbocycles. The van der Waals surface area contributed by atoms with Gasteiger partial charge in [-0.25, -0.2) is 13.1 Å².